The van der Waals surface area contributed by atoms with Crippen molar-refractivity contribution in [2.24, 2.45) is 0 Å². The Morgan fingerprint density at radius 3 is 1.88 bits per heavy atom. The van der Waals surface area contributed by atoms with Crippen LogP contribution in [0.5, 0.6) is 0 Å². The summed E-state index contributed by atoms with van der Waals surface area (Å²) < 4.78 is 5.92. The highest BCUT2D eigenvalue weighted by Crippen LogP contribution is 2.12. The second kappa shape index (κ2) is 20.0. The molecule has 1 unspecified atom stereocenters. The molecule has 0 saturated heterocycles. The van der Waals surface area contributed by atoms with E-state index < -0.39 is 12.1 Å². The molecule has 0 radical (unpaired) electrons. The molecule has 0 amide bonds. The molecule has 1 atom stereocenters. The summed E-state index contributed by atoms with van der Waals surface area (Å²) in [5.41, 5.74) is 0. The van der Waals surface area contributed by atoms with E-state index in [1.54, 1.807) is 0 Å². The maximum atomic E-state index is 12.0. The van der Waals surface area contributed by atoms with Gasteiger partial charge in [0, 0.05) is 18.8 Å². The van der Waals surface area contributed by atoms with E-state index in [-0.39, 0.29) is 12.4 Å². The number of hydrogen-bond acceptors (Lipinski definition) is 4. The third-order valence-corrected chi connectivity index (χ3v) is 5.28. The van der Waals surface area contributed by atoms with Crippen LogP contribution in [0.4, 0.5) is 0 Å². The van der Waals surface area contributed by atoms with Gasteiger partial charge in [0.2, 0.25) is 0 Å². The number of likely N-dealkylation sites (N-methyl/N-ethyl adjacent to an activating group) is 1. The Labute approximate surface area is 197 Å². The summed E-state index contributed by atoms with van der Waals surface area (Å²) in [4.78, 5) is 22.9. The largest absolute Gasteiger partial charge is 0.550 e. The molecule has 0 aromatic rings. The first kappa shape index (κ1) is 30.4. The molecule has 0 fully saturated rings. The molecule has 0 aliphatic carbocycles. The van der Waals surface area contributed by atoms with Crippen LogP contribution in [0.2, 0.25) is 0 Å². The number of nitrogens with zero attached hydrogens (tertiary/aromatic N) is 1. The summed E-state index contributed by atoms with van der Waals surface area (Å²) in [7, 11) is 5.83. The summed E-state index contributed by atoms with van der Waals surface area (Å²) in [6.45, 7) is 2.70. The number of allylic oxidation sites excluding steroid dienone is 4. The van der Waals surface area contributed by atoms with E-state index in [0.717, 1.165) is 32.1 Å². The zero-order valence-corrected chi connectivity index (χ0v) is 21.3. The highest BCUT2D eigenvalue weighted by atomic mass is 16.5. The third kappa shape index (κ3) is 23.1. The van der Waals surface area contributed by atoms with Gasteiger partial charge in [-0.1, -0.05) is 76.2 Å². The number of carboxylic acids is 1. The van der Waals surface area contributed by atoms with E-state index in [2.05, 4.69) is 31.2 Å². The Morgan fingerprint density at radius 1 is 0.812 bits per heavy atom. The molecule has 0 heterocycles. The lowest BCUT2D eigenvalue weighted by atomic mass is 10.1. The van der Waals surface area contributed by atoms with Crippen molar-refractivity contribution < 1.29 is 23.9 Å². The zero-order valence-electron chi connectivity index (χ0n) is 21.3. The topological polar surface area (TPSA) is 66.4 Å². The van der Waals surface area contributed by atoms with E-state index in [1.807, 2.05) is 21.1 Å². The monoisotopic (exact) mass is 451 g/mol. The number of carboxylic acid groups (broad SMARTS) is 1. The smallest absolute Gasteiger partial charge is 0.306 e. The molecule has 32 heavy (non-hydrogen) atoms. The average molecular weight is 452 g/mol. The van der Waals surface area contributed by atoms with Crippen molar-refractivity contribution >= 4 is 11.9 Å². The Morgan fingerprint density at radius 2 is 1.34 bits per heavy atom. The van der Waals surface area contributed by atoms with Crippen LogP contribution < -0.4 is 5.11 Å². The summed E-state index contributed by atoms with van der Waals surface area (Å²) in [5.74, 6) is -1.48. The van der Waals surface area contributed by atoms with E-state index in [1.165, 1.54) is 51.4 Å². The molecule has 0 N–H and O–H groups in total. The van der Waals surface area contributed by atoms with Crippen LogP contribution in [-0.4, -0.2) is 50.2 Å². The van der Waals surface area contributed by atoms with E-state index in [4.69, 9.17) is 4.74 Å². The number of hydrogen-bond donors (Lipinski definition) is 0. The van der Waals surface area contributed by atoms with Gasteiger partial charge in [0.1, 0.15) is 6.54 Å². The van der Waals surface area contributed by atoms with Gasteiger partial charge >= 0.3 is 5.97 Å². The normalized spacial score (nSPS) is 13.1. The highest BCUT2D eigenvalue weighted by molar-refractivity contribution is 5.70. The van der Waals surface area contributed by atoms with E-state index in [9.17, 15) is 14.7 Å². The Kier molecular flexibility index (Phi) is 19.0. The van der Waals surface area contributed by atoms with Gasteiger partial charge in [-0.25, -0.2) is 0 Å². The lowest BCUT2D eigenvalue weighted by molar-refractivity contribution is -0.873. The third-order valence-electron chi connectivity index (χ3n) is 5.28. The van der Waals surface area contributed by atoms with Crippen molar-refractivity contribution in [1.82, 2.24) is 0 Å². The van der Waals surface area contributed by atoms with Gasteiger partial charge in [0.05, 0.1) is 21.1 Å². The number of ether oxygens (including phenoxy) is 1. The van der Waals surface area contributed by atoms with Crippen molar-refractivity contribution in [2.45, 2.75) is 109 Å². The summed E-state index contributed by atoms with van der Waals surface area (Å²) in [6.07, 6.45) is 23.9. The molecule has 0 aromatic heterocycles. The molecule has 0 aliphatic rings. The van der Waals surface area contributed by atoms with Gasteiger partial charge in [-0.3, -0.25) is 4.79 Å². The molecular weight excluding hydrogens is 402 g/mol. The van der Waals surface area contributed by atoms with Gasteiger partial charge in [-0.05, 0) is 38.5 Å². The molecule has 0 rings (SSSR count). The highest BCUT2D eigenvalue weighted by Gasteiger charge is 2.22. The molecule has 0 aliphatic heterocycles. The molecule has 0 saturated carbocycles. The minimum atomic E-state index is -1.18. The maximum Gasteiger partial charge on any atom is 0.306 e. The number of unbranched alkanes of at least 4 members (excludes halogenated alkanes) is 10. The predicted octanol–water partition coefficient (Wildman–Crippen LogP) is 5.34. The number of carbonyl (C=O) groups is 2. The molecule has 0 spiro atoms. The van der Waals surface area contributed by atoms with E-state index in [0.29, 0.717) is 17.4 Å². The first-order valence-corrected chi connectivity index (χ1v) is 12.7. The summed E-state index contributed by atoms with van der Waals surface area (Å²) >= 11 is 0. The fraction of sp³-hybridized carbons (Fsp3) is 0.778. The minimum Gasteiger partial charge on any atom is -0.550 e. The molecule has 5 nitrogen and oxygen atoms in total. The van der Waals surface area contributed by atoms with Crippen LogP contribution in [0, 0.1) is 0 Å². The fourth-order valence-electron chi connectivity index (χ4n) is 3.62. The number of carbonyl (C=O) groups excluding carboxylic acids is 2. The number of esters is 1. The molecule has 0 aromatic carbocycles. The lowest BCUT2D eigenvalue weighted by Crippen LogP contribution is -2.45. The first-order chi connectivity index (χ1) is 15.2. The SMILES string of the molecule is CCCCC/C=C\C/C=C\CCCCCCCCCC(=O)OC(CC(=O)[O-])C[N+](C)(C)C. The summed E-state index contributed by atoms with van der Waals surface area (Å²) in [6, 6.07) is 0. The average Bonchev–Trinajstić information content (AvgIpc) is 2.68. The standard InChI is InChI=1S/C27H49NO4/c1-5-6-7-8-9-10-11-12-13-14-15-16-17-18-19-20-21-22-27(31)32-25(23-26(29)30)24-28(2,3)4/h9-10,12-13,25H,5-8,11,14-24H2,1-4H3/b10-9-,13-12-. The van der Waals surface area contributed by atoms with Crippen LogP contribution in [-0.2, 0) is 14.3 Å². The van der Waals surface area contributed by atoms with Crippen LogP contribution in [0.15, 0.2) is 24.3 Å². The molecule has 5 heteroatoms. The van der Waals surface area contributed by atoms with Gasteiger partial charge in [-0.2, -0.15) is 0 Å². The first-order valence-electron chi connectivity index (χ1n) is 12.7. The fourth-order valence-corrected chi connectivity index (χ4v) is 3.62. The van der Waals surface area contributed by atoms with Gasteiger partial charge in [0.25, 0.3) is 0 Å². The van der Waals surface area contributed by atoms with Gasteiger partial charge in [-0.15, -0.1) is 0 Å². The second-order valence-corrected chi connectivity index (χ2v) is 9.85. The number of aliphatic carboxylic acids is 1. The van der Waals surface area contributed by atoms with Crippen molar-refractivity contribution in [3.63, 3.8) is 0 Å². The van der Waals surface area contributed by atoms with Crippen molar-refractivity contribution in [2.75, 3.05) is 27.7 Å². The number of rotatable bonds is 21. The lowest BCUT2D eigenvalue weighted by Gasteiger charge is -2.29. The van der Waals surface area contributed by atoms with Crippen LogP contribution >= 0.6 is 0 Å². The summed E-state index contributed by atoms with van der Waals surface area (Å²) in [5, 5.41) is 10.9. The van der Waals surface area contributed by atoms with Gasteiger partial charge in [0.15, 0.2) is 6.10 Å². The zero-order chi connectivity index (χ0) is 24.1. The van der Waals surface area contributed by atoms with Crippen molar-refractivity contribution in [1.29, 1.82) is 0 Å². The Balaban J connectivity index is 3.63. The number of quaternary nitrogens is 1. The Hall–Kier alpha value is -1.62. The van der Waals surface area contributed by atoms with Crippen LogP contribution in [0.1, 0.15) is 103 Å². The second-order valence-electron chi connectivity index (χ2n) is 9.85. The van der Waals surface area contributed by atoms with Crippen LogP contribution in [0.25, 0.3) is 0 Å². The Bertz CT molecular complexity index is 534. The molecular formula is C27H49NO4. The quantitative estimate of drug-likeness (QED) is 0.102. The minimum absolute atomic E-state index is 0.244. The van der Waals surface area contributed by atoms with Crippen molar-refractivity contribution in [3.8, 4) is 0 Å². The predicted molar refractivity (Wildman–Crippen MR) is 131 cm³/mol. The molecule has 0 bridgehead atoms. The molecule has 186 valence electrons. The van der Waals surface area contributed by atoms with Gasteiger partial charge < -0.3 is 19.1 Å². The maximum absolute atomic E-state index is 12.0. The van der Waals surface area contributed by atoms with Crippen molar-refractivity contribution in [3.05, 3.63) is 24.3 Å². The van der Waals surface area contributed by atoms with Crippen LogP contribution in [0.3, 0.4) is 0 Å². The van der Waals surface area contributed by atoms with E-state index >= 15 is 0 Å².